The third-order valence-corrected chi connectivity index (χ3v) is 3.45. The first-order valence-electron chi connectivity index (χ1n) is 6.73. The fourth-order valence-corrected chi connectivity index (χ4v) is 2.31. The number of urea groups is 1. The maximum Gasteiger partial charge on any atom is 0.320 e. The molecule has 1 rings (SSSR count). The van der Waals surface area contributed by atoms with E-state index in [0.29, 0.717) is 13.1 Å². The number of amides is 3. The van der Waals surface area contributed by atoms with Gasteiger partial charge in [-0.25, -0.2) is 4.79 Å². The molecule has 1 atom stereocenters. The number of hydrogen-bond acceptors (Lipinski definition) is 3. The van der Waals surface area contributed by atoms with Crippen LogP contribution in [0.25, 0.3) is 0 Å². The van der Waals surface area contributed by atoms with Gasteiger partial charge in [0.2, 0.25) is 5.91 Å². The fourth-order valence-electron chi connectivity index (χ4n) is 2.31. The van der Waals surface area contributed by atoms with Crippen molar-refractivity contribution in [3.63, 3.8) is 0 Å². The van der Waals surface area contributed by atoms with Crippen LogP contribution in [-0.4, -0.2) is 78.5 Å². The molecule has 1 saturated heterocycles. The summed E-state index contributed by atoms with van der Waals surface area (Å²) in [6, 6.07) is -0.213. The van der Waals surface area contributed by atoms with Crippen molar-refractivity contribution in [2.24, 2.45) is 5.92 Å². The van der Waals surface area contributed by atoms with Gasteiger partial charge in [-0.15, -0.1) is 0 Å². The van der Waals surface area contributed by atoms with Gasteiger partial charge >= 0.3 is 12.0 Å². The van der Waals surface area contributed by atoms with Gasteiger partial charge in [0.15, 0.2) is 0 Å². The third kappa shape index (κ3) is 4.71. The molecule has 0 radical (unpaired) electrons. The van der Waals surface area contributed by atoms with Gasteiger partial charge in [0.1, 0.15) is 6.54 Å². The fraction of sp³-hybridized carbons (Fsp3) is 0.769. The number of carboxylic acids is 1. The summed E-state index contributed by atoms with van der Waals surface area (Å²) in [5.41, 5.74) is 0. The predicted octanol–water partition coefficient (Wildman–Crippen LogP) is 0.313. The molecule has 0 aromatic rings. The largest absolute Gasteiger partial charge is 0.481 e. The van der Waals surface area contributed by atoms with Crippen LogP contribution < -0.4 is 0 Å². The Labute approximate surface area is 119 Å². The van der Waals surface area contributed by atoms with Gasteiger partial charge in [0, 0.05) is 40.7 Å². The van der Waals surface area contributed by atoms with Gasteiger partial charge < -0.3 is 19.8 Å². The molecule has 0 aromatic heterocycles. The summed E-state index contributed by atoms with van der Waals surface area (Å²) in [7, 11) is 4.87. The van der Waals surface area contributed by atoms with Crippen LogP contribution in [0.1, 0.15) is 19.3 Å². The standard InChI is InChI=1S/C13H23N3O4/c1-14(2)11(17)9-15(3)13(20)16-6-4-5-10(8-16)7-12(18)19/h10H,4-9H2,1-3H3,(H,18,19). The summed E-state index contributed by atoms with van der Waals surface area (Å²) >= 11 is 0. The van der Waals surface area contributed by atoms with E-state index in [9.17, 15) is 14.4 Å². The highest BCUT2D eigenvalue weighted by molar-refractivity contribution is 5.83. The zero-order chi connectivity index (χ0) is 15.3. The molecule has 1 heterocycles. The number of likely N-dealkylation sites (tertiary alicyclic amines) is 1. The van der Waals surface area contributed by atoms with Gasteiger partial charge in [-0.05, 0) is 18.8 Å². The van der Waals surface area contributed by atoms with Crippen LogP contribution in [0.4, 0.5) is 4.79 Å². The molecule has 0 spiro atoms. The summed E-state index contributed by atoms with van der Waals surface area (Å²) in [5.74, 6) is -0.969. The lowest BCUT2D eigenvalue weighted by Crippen LogP contribution is -2.48. The number of carboxylic acid groups (broad SMARTS) is 1. The Kier molecular flexibility index (Phi) is 5.79. The molecule has 0 aliphatic carbocycles. The van der Waals surface area contributed by atoms with Crippen molar-refractivity contribution in [1.82, 2.24) is 14.7 Å². The molecule has 114 valence electrons. The quantitative estimate of drug-likeness (QED) is 0.806. The van der Waals surface area contributed by atoms with Crippen molar-refractivity contribution < 1.29 is 19.5 Å². The first-order valence-corrected chi connectivity index (χ1v) is 6.73. The van der Waals surface area contributed by atoms with Crippen molar-refractivity contribution in [3.05, 3.63) is 0 Å². The molecular weight excluding hydrogens is 262 g/mol. The van der Waals surface area contributed by atoms with E-state index in [4.69, 9.17) is 5.11 Å². The van der Waals surface area contributed by atoms with E-state index in [1.807, 2.05) is 0 Å². The second-order valence-corrected chi connectivity index (χ2v) is 5.48. The van der Waals surface area contributed by atoms with E-state index in [2.05, 4.69) is 0 Å². The van der Waals surface area contributed by atoms with Crippen LogP contribution in [0.3, 0.4) is 0 Å². The molecule has 3 amide bonds. The van der Waals surface area contributed by atoms with Crippen LogP contribution in [0.2, 0.25) is 0 Å². The third-order valence-electron chi connectivity index (χ3n) is 3.45. The van der Waals surface area contributed by atoms with E-state index >= 15 is 0 Å². The summed E-state index contributed by atoms with van der Waals surface area (Å²) in [6.45, 7) is 1.10. The molecule has 20 heavy (non-hydrogen) atoms. The van der Waals surface area contributed by atoms with E-state index < -0.39 is 5.97 Å². The number of nitrogens with zero attached hydrogens (tertiary/aromatic N) is 3. The Balaban J connectivity index is 2.53. The minimum atomic E-state index is -0.833. The molecule has 0 saturated carbocycles. The minimum Gasteiger partial charge on any atom is -0.481 e. The van der Waals surface area contributed by atoms with Crippen LogP contribution in [0.15, 0.2) is 0 Å². The normalized spacial score (nSPS) is 18.6. The van der Waals surface area contributed by atoms with Crippen molar-refractivity contribution in [3.8, 4) is 0 Å². The Bertz CT molecular complexity index is 384. The van der Waals surface area contributed by atoms with Crippen molar-refractivity contribution >= 4 is 17.9 Å². The van der Waals surface area contributed by atoms with Crippen LogP contribution in [0, 0.1) is 5.92 Å². The van der Waals surface area contributed by atoms with E-state index in [1.54, 1.807) is 26.0 Å². The number of carbonyl (C=O) groups excluding carboxylic acids is 2. The molecule has 1 unspecified atom stereocenters. The summed E-state index contributed by atoms with van der Waals surface area (Å²) in [5, 5.41) is 8.82. The highest BCUT2D eigenvalue weighted by Crippen LogP contribution is 2.20. The summed E-state index contributed by atoms with van der Waals surface area (Å²) in [6.07, 6.45) is 1.72. The first kappa shape index (κ1) is 16.3. The van der Waals surface area contributed by atoms with Crippen molar-refractivity contribution in [2.45, 2.75) is 19.3 Å². The molecule has 0 aromatic carbocycles. The zero-order valence-corrected chi connectivity index (χ0v) is 12.3. The average molecular weight is 285 g/mol. The molecule has 7 nitrogen and oxygen atoms in total. The molecule has 1 aliphatic rings. The van der Waals surface area contributed by atoms with Gasteiger partial charge in [0.25, 0.3) is 0 Å². The SMILES string of the molecule is CN(C)C(=O)CN(C)C(=O)N1CCCC(CC(=O)O)C1. The number of carbonyl (C=O) groups is 3. The highest BCUT2D eigenvalue weighted by atomic mass is 16.4. The Morgan fingerprint density at radius 3 is 2.45 bits per heavy atom. The molecule has 1 aliphatic heterocycles. The molecule has 0 bridgehead atoms. The van der Waals surface area contributed by atoms with Crippen LogP contribution in [0.5, 0.6) is 0 Å². The predicted molar refractivity (Wildman–Crippen MR) is 73.3 cm³/mol. The molecule has 1 fully saturated rings. The van der Waals surface area contributed by atoms with E-state index in [1.165, 1.54) is 9.80 Å². The number of aliphatic carboxylic acids is 1. The van der Waals surface area contributed by atoms with Crippen LogP contribution >= 0.6 is 0 Å². The van der Waals surface area contributed by atoms with E-state index in [0.717, 1.165) is 12.8 Å². The van der Waals surface area contributed by atoms with E-state index in [-0.39, 0.29) is 30.8 Å². The maximum absolute atomic E-state index is 12.2. The highest BCUT2D eigenvalue weighted by Gasteiger charge is 2.27. The second kappa shape index (κ2) is 7.12. The van der Waals surface area contributed by atoms with Gasteiger partial charge in [-0.1, -0.05) is 0 Å². The zero-order valence-electron chi connectivity index (χ0n) is 12.3. The maximum atomic E-state index is 12.2. The lowest BCUT2D eigenvalue weighted by molar-refractivity contribution is -0.138. The average Bonchev–Trinajstić information content (AvgIpc) is 2.37. The number of likely N-dealkylation sites (N-methyl/N-ethyl adjacent to an activating group) is 2. The summed E-state index contributed by atoms with van der Waals surface area (Å²) < 4.78 is 0. The molecule has 7 heteroatoms. The van der Waals surface area contributed by atoms with Crippen molar-refractivity contribution in [2.75, 3.05) is 40.8 Å². The Morgan fingerprint density at radius 1 is 1.25 bits per heavy atom. The Morgan fingerprint density at radius 2 is 1.90 bits per heavy atom. The van der Waals surface area contributed by atoms with Crippen LogP contribution in [-0.2, 0) is 9.59 Å². The Hall–Kier alpha value is -1.79. The minimum absolute atomic E-state index is 0.00292. The monoisotopic (exact) mass is 285 g/mol. The first-order chi connectivity index (χ1) is 9.31. The van der Waals surface area contributed by atoms with Gasteiger partial charge in [-0.2, -0.15) is 0 Å². The van der Waals surface area contributed by atoms with Gasteiger partial charge in [-0.3, -0.25) is 9.59 Å². The summed E-state index contributed by atoms with van der Waals surface area (Å²) in [4.78, 5) is 39.0. The number of rotatable bonds is 4. The number of hydrogen-bond donors (Lipinski definition) is 1. The second-order valence-electron chi connectivity index (χ2n) is 5.48. The number of piperidine rings is 1. The van der Waals surface area contributed by atoms with Gasteiger partial charge in [0.05, 0.1) is 0 Å². The van der Waals surface area contributed by atoms with Crippen molar-refractivity contribution in [1.29, 1.82) is 0 Å². The lowest BCUT2D eigenvalue weighted by Gasteiger charge is -2.34. The topological polar surface area (TPSA) is 81.2 Å². The smallest absolute Gasteiger partial charge is 0.320 e. The molecular formula is C13H23N3O4. The molecule has 1 N–H and O–H groups in total. The lowest BCUT2D eigenvalue weighted by atomic mass is 9.95.